The Bertz CT molecular complexity index is 1030. The summed E-state index contributed by atoms with van der Waals surface area (Å²) in [6.07, 6.45) is 1.53. The number of H-pyrrole nitrogens is 1. The number of hydrogen-bond acceptors (Lipinski definition) is 3. The van der Waals surface area contributed by atoms with E-state index in [0.717, 1.165) is 0 Å². The van der Waals surface area contributed by atoms with Gasteiger partial charge in [-0.15, -0.1) is 0 Å². The van der Waals surface area contributed by atoms with Crippen LogP contribution in [0.1, 0.15) is 18.2 Å². The van der Waals surface area contributed by atoms with Gasteiger partial charge in [0, 0.05) is 29.5 Å². The van der Waals surface area contributed by atoms with Crippen LogP contribution in [0.2, 0.25) is 5.02 Å². The van der Waals surface area contributed by atoms with Gasteiger partial charge in [-0.25, -0.2) is 4.68 Å². The van der Waals surface area contributed by atoms with Crippen LogP contribution in [-0.2, 0) is 4.79 Å². The molecule has 0 aliphatic heterocycles. The topological polar surface area (TPSA) is 79.2 Å². The summed E-state index contributed by atoms with van der Waals surface area (Å²) in [7, 11) is 0. The van der Waals surface area contributed by atoms with E-state index in [1.165, 1.54) is 17.8 Å². The SMILES string of the molecule is CC(=O)Nc1ccc(N=Cc2c(C)[nH]n(-c3cccc(Cl)c3)c2=O)cc1. The molecule has 2 N–H and O–H groups in total. The van der Waals surface area contributed by atoms with Gasteiger partial charge in [0.05, 0.1) is 16.9 Å². The molecule has 3 aromatic rings. The molecule has 0 aliphatic carbocycles. The molecule has 0 spiro atoms. The van der Waals surface area contributed by atoms with Crippen LogP contribution in [0.3, 0.4) is 0 Å². The zero-order valence-electron chi connectivity index (χ0n) is 14.3. The highest BCUT2D eigenvalue weighted by molar-refractivity contribution is 6.30. The number of halogens is 1. The Kier molecular flexibility index (Phi) is 5.04. The zero-order valence-corrected chi connectivity index (χ0v) is 15.0. The van der Waals surface area contributed by atoms with Crippen molar-refractivity contribution in [1.29, 1.82) is 0 Å². The van der Waals surface area contributed by atoms with Crippen molar-refractivity contribution in [3.05, 3.63) is 75.2 Å². The van der Waals surface area contributed by atoms with E-state index in [4.69, 9.17) is 11.6 Å². The van der Waals surface area contributed by atoms with Crippen molar-refractivity contribution in [2.24, 2.45) is 4.99 Å². The quantitative estimate of drug-likeness (QED) is 0.686. The second-order valence-electron chi connectivity index (χ2n) is 5.76. The minimum atomic E-state index is -0.205. The lowest BCUT2D eigenvalue weighted by Gasteiger charge is -2.01. The first-order chi connectivity index (χ1) is 12.4. The fourth-order valence-corrected chi connectivity index (χ4v) is 2.67. The molecule has 6 nitrogen and oxygen atoms in total. The monoisotopic (exact) mass is 368 g/mol. The average molecular weight is 369 g/mol. The Labute approximate surface area is 155 Å². The molecule has 0 bridgehead atoms. The molecule has 3 rings (SSSR count). The fourth-order valence-electron chi connectivity index (χ4n) is 2.48. The van der Waals surface area contributed by atoms with Gasteiger partial charge in [-0.1, -0.05) is 17.7 Å². The Morgan fingerprint density at radius 1 is 1.23 bits per heavy atom. The summed E-state index contributed by atoms with van der Waals surface area (Å²) in [6, 6.07) is 14.1. The number of carbonyl (C=O) groups excluding carboxylic acids is 1. The molecule has 2 aromatic carbocycles. The summed E-state index contributed by atoms with van der Waals surface area (Å²) >= 11 is 6.00. The number of aromatic amines is 1. The molecular formula is C19H17ClN4O2. The molecule has 0 aliphatic rings. The Balaban J connectivity index is 1.87. The lowest BCUT2D eigenvalue weighted by atomic mass is 10.2. The molecule has 1 aromatic heterocycles. The largest absolute Gasteiger partial charge is 0.326 e. The molecule has 7 heteroatoms. The second-order valence-corrected chi connectivity index (χ2v) is 6.19. The van der Waals surface area contributed by atoms with Crippen molar-refractivity contribution in [3.8, 4) is 5.69 Å². The highest BCUT2D eigenvalue weighted by Crippen LogP contribution is 2.17. The van der Waals surface area contributed by atoms with Crippen LogP contribution >= 0.6 is 11.6 Å². The van der Waals surface area contributed by atoms with Crippen molar-refractivity contribution >= 4 is 35.1 Å². The van der Waals surface area contributed by atoms with Gasteiger partial charge in [-0.3, -0.25) is 19.7 Å². The summed E-state index contributed by atoms with van der Waals surface area (Å²) in [5.74, 6) is -0.134. The number of amides is 1. The van der Waals surface area contributed by atoms with Crippen molar-refractivity contribution in [2.45, 2.75) is 13.8 Å². The molecule has 26 heavy (non-hydrogen) atoms. The maximum atomic E-state index is 12.6. The first-order valence-corrected chi connectivity index (χ1v) is 8.31. The van der Waals surface area contributed by atoms with Gasteiger partial charge < -0.3 is 5.32 Å². The highest BCUT2D eigenvalue weighted by Gasteiger charge is 2.10. The Morgan fingerprint density at radius 2 is 1.96 bits per heavy atom. The van der Waals surface area contributed by atoms with Gasteiger partial charge in [-0.2, -0.15) is 0 Å². The van der Waals surface area contributed by atoms with Crippen LogP contribution in [0.25, 0.3) is 5.69 Å². The number of anilines is 1. The summed E-state index contributed by atoms with van der Waals surface area (Å²) in [5, 5.41) is 6.27. The molecule has 1 amide bonds. The number of nitrogens with zero attached hydrogens (tertiary/aromatic N) is 2. The number of hydrogen-bond donors (Lipinski definition) is 2. The molecule has 0 radical (unpaired) electrons. The van der Waals surface area contributed by atoms with E-state index in [1.54, 1.807) is 48.5 Å². The first-order valence-electron chi connectivity index (χ1n) is 7.93. The minimum Gasteiger partial charge on any atom is -0.326 e. The first kappa shape index (κ1) is 17.7. The maximum absolute atomic E-state index is 12.6. The number of aliphatic imine (C=N–C) groups is 1. The van der Waals surface area contributed by atoms with Crippen LogP contribution in [0.4, 0.5) is 11.4 Å². The number of carbonyl (C=O) groups is 1. The fraction of sp³-hybridized carbons (Fsp3) is 0.105. The van der Waals surface area contributed by atoms with Crippen LogP contribution < -0.4 is 10.9 Å². The Hall–Kier alpha value is -3.12. The van der Waals surface area contributed by atoms with Crippen molar-refractivity contribution in [1.82, 2.24) is 9.78 Å². The zero-order chi connectivity index (χ0) is 18.7. The number of aryl methyl sites for hydroxylation is 1. The normalized spacial score (nSPS) is 11.0. The second kappa shape index (κ2) is 7.41. The van der Waals surface area contributed by atoms with Gasteiger partial charge >= 0.3 is 0 Å². The van der Waals surface area contributed by atoms with Crippen LogP contribution in [0.15, 0.2) is 58.3 Å². The predicted octanol–water partition coefficient (Wildman–Crippen LogP) is 3.84. The lowest BCUT2D eigenvalue weighted by molar-refractivity contribution is -0.114. The third kappa shape index (κ3) is 3.92. The van der Waals surface area contributed by atoms with Gasteiger partial charge in [0.1, 0.15) is 0 Å². The lowest BCUT2D eigenvalue weighted by Crippen LogP contribution is -2.17. The molecule has 0 fully saturated rings. The van der Waals surface area contributed by atoms with E-state index < -0.39 is 0 Å². The van der Waals surface area contributed by atoms with E-state index in [2.05, 4.69) is 15.4 Å². The van der Waals surface area contributed by atoms with E-state index >= 15 is 0 Å². The minimum absolute atomic E-state index is 0.134. The molecule has 0 atom stereocenters. The molecule has 0 saturated carbocycles. The van der Waals surface area contributed by atoms with Crippen molar-refractivity contribution < 1.29 is 4.79 Å². The molecule has 0 saturated heterocycles. The van der Waals surface area contributed by atoms with Crippen molar-refractivity contribution in [2.75, 3.05) is 5.32 Å². The number of benzene rings is 2. The number of aromatic nitrogens is 2. The molecule has 1 heterocycles. The Morgan fingerprint density at radius 3 is 2.62 bits per heavy atom. The van der Waals surface area contributed by atoms with E-state index in [-0.39, 0.29) is 11.5 Å². The third-order valence-electron chi connectivity index (χ3n) is 3.71. The van der Waals surface area contributed by atoms with Crippen molar-refractivity contribution in [3.63, 3.8) is 0 Å². The van der Waals surface area contributed by atoms with E-state index in [0.29, 0.717) is 33.3 Å². The van der Waals surface area contributed by atoms with E-state index in [9.17, 15) is 9.59 Å². The number of nitrogens with one attached hydrogen (secondary N) is 2. The van der Waals surface area contributed by atoms with Gasteiger partial charge in [0.2, 0.25) is 5.91 Å². The predicted molar refractivity (Wildman–Crippen MR) is 104 cm³/mol. The van der Waals surface area contributed by atoms with Crippen LogP contribution in [0, 0.1) is 6.92 Å². The standard InChI is InChI=1S/C19H17ClN4O2/c1-12-18(11-21-15-6-8-16(9-7-15)22-13(2)25)19(26)24(23-12)17-5-3-4-14(20)10-17/h3-11,23H,1-2H3,(H,22,25). The highest BCUT2D eigenvalue weighted by atomic mass is 35.5. The smallest absolute Gasteiger partial charge is 0.280 e. The summed E-state index contributed by atoms with van der Waals surface area (Å²) < 4.78 is 1.43. The van der Waals surface area contributed by atoms with Gasteiger partial charge in [-0.05, 0) is 49.4 Å². The number of rotatable bonds is 4. The van der Waals surface area contributed by atoms with Crippen LogP contribution in [0.5, 0.6) is 0 Å². The van der Waals surface area contributed by atoms with E-state index in [1.807, 2.05) is 6.92 Å². The average Bonchev–Trinajstić information content (AvgIpc) is 2.88. The van der Waals surface area contributed by atoms with Gasteiger partial charge in [0.15, 0.2) is 0 Å². The summed E-state index contributed by atoms with van der Waals surface area (Å²) in [5.41, 5.74) is 2.99. The molecule has 132 valence electrons. The molecular weight excluding hydrogens is 352 g/mol. The molecule has 0 unspecified atom stereocenters. The van der Waals surface area contributed by atoms with Crippen LogP contribution in [-0.4, -0.2) is 21.9 Å². The van der Waals surface area contributed by atoms with Gasteiger partial charge in [0.25, 0.3) is 5.56 Å². The summed E-state index contributed by atoms with van der Waals surface area (Å²) in [6.45, 7) is 3.26. The maximum Gasteiger partial charge on any atom is 0.280 e. The summed E-state index contributed by atoms with van der Waals surface area (Å²) in [4.78, 5) is 28.0. The third-order valence-corrected chi connectivity index (χ3v) is 3.95.